The molecule has 33 heavy (non-hydrogen) atoms. The second-order valence-electron chi connectivity index (χ2n) is 7.79. The Morgan fingerprint density at radius 3 is 2.48 bits per heavy atom. The molecular formula is C25H26N4O4. The number of nitrogens with zero attached hydrogens (tertiary/aromatic N) is 3. The Hall–Kier alpha value is -4.07. The molecule has 0 saturated heterocycles. The van der Waals surface area contributed by atoms with Crippen LogP contribution in [0.5, 0.6) is 11.5 Å². The summed E-state index contributed by atoms with van der Waals surface area (Å²) in [6, 6.07) is 16.3. The van der Waals surface area contributed by atoms with Gasteiger partial charge in [-0.25, -0.2) is 14.3 Å². The van der Waals surface area contributed by atoms with Crippen molar-refractivity contribution in [2.45, 2.75) is 26.4 Å². The fourth-order valence-electron chi connectivity index (χ4n) is 3.80. The van der Waals surface area contributed by atoms with E-state index in [-0.39, 0.29) is 24.2 Å². The van der Waals surface area contributed by atoms with Gasteiger partial charge in [-0.05, 0) is 55.8 Å². The Morgan fingerprint density at radius 1 is 1.06 bits per heavy atom. The molecule has 0 aliphatic carbocycles. The van der Waals surface area contributed by atoms with E-state index in [1.54, 1.807) is 38.6 Å². The molecule has 0 unspecified atom stereocenters. The quantitative estimate of drug-likeness (QED) is 0.470. The lowest BCUT2D eigenvalue weighted by Gasteiger charge is -2.16. The topological polar surface area (TPSA) is 87.4 Å². The van der Waals surface area contributed by atoms with Crippen LogP contribution < -0.4 is 20.5 Å². The predicted octanol–water partition coefficient (Wildman–Crippen LogP) is 3.39. The van der Waals surface area contributed by atoms with Crippen LogP contribution in [-0.2, 0) is 11.3 Å². The van der Waals surface area contributed by atoms with Crippen molar-refractivity contribution in [3.8, 4) is 17.2 Å². The number of pyridine rings is 1. The Bertz CT molecular complexity index is 1360. The number of rotatable bonds is 7. The van der Waals surface area contributed by atoms with Crippen LogP contribution in [0.15, 0.2) is 65.6 Å². The highest BCUT2D eigenvalue weighted by molar-refractivity contribution is 5.80. The molecule has 1 N–H and O–H groups in total. The van der Waals surface area contributed by atoms with Gasteiger partial charge in [0.15, 0.2) is 17.1 Å². The van der Waals surface area contributed by atoms with Crippen LogP contribution in [0.4, 0.5) is 0 Å². The van der Waals surface area contributed by atoms with Crippen LogP contribution in [-0.4, -0.2) is 34.2 Å². The average Bonchev–Trinajstić information content (AvgIpc) is 3.10. The largest absolute Gasteiger partial charge is 0.493 e. The van der Waals surface area contributed by atoms with Crippen molar-refractivity contribution in [3.63, 3.8) is 0 Å². The Labute approximate surface area is 191 Å². The van der Waals surface area contributed by atoms with Crippen molar-refractivity contribution in [2.75, 3.05) is 14.2 Å². The van der Waals surface area contributed by atoms with Gasteiger partial charge in [-0.15, -0.1) is 0 Å². The molecule has 170 valence electrons. The predicted molar refractivity (Wildman–Crippen MR) is 126 cm³/mol. The Morgan fingerprint density at radius 2 is 1.79 bits per heavy atom. The van der Waals surface area contributed by atoms with E-state index in [4.69, 9.17) is 9.47 Å². The number of ether oxygens (including phenoxy) is 2. The summed E-state index contributed by atoms with van der Waals surface area (Å²) in [4.78, 5) is 30.6. The van der Waals surface area contributed by atoms with E-state index in [0.717, 1.165) is 11.1 Å². The maximum absolute atomic E-state index is 13.3. The fourth-order valence-corrected chi connectivity index (χ4v) is 3.80. The van der Waals surface area contributed by atoms with Gasteiger partial charge in [0, 0.05) is 6.20 Å². The molecule has 8 heteroatoms. The number of benzene rings is 2. The SMILES string of the molecule is COc1ccc([C@@H](C)NC(=O)Cn2c(=O)n(-c3ccc(C)cc3)c3ncccc32)cc1OC. The number of aromatic nitrogens is 3. The molecule has 1 atom stereocenters. The molecule has 0 aliphatic rings. The Kier molecular flexibility index (Phi) is 6.17. The minimum atomic E-state index is -0.318. The molecule has 4 rings (SSSR count). The van der Waals surface area contributed by atoms with Gasteiger partial charge >= 0.3 is 5.69 Å². The van der Waals surface area contributed by atoms with Crippen LogP contribution >= 0.6 is 0 Å². The number of fused-ring (bicyclic) bond motifs is 1. The lowest BCUT2D eigenvalue weighted by Crippen LogP contribution is -2.34. The number of aryl methyl sites for hydroxylation is 1. The summed E-state index contributed by atoms with van der Waals surface area (Å²) in [6.07, 6.45) is 1.63. The summed E-state index contributed by atoms with van der Waals surface area (Å²) in [5, 5.41) is 2.96. The van der Waals surface area contributed by atoms with Gasteiger partial charge in [-0.3, -0.25) is 9.36 Å². The minimum Gasteiger partial charge on any atom is -0.493 e. The number of carbonyl (C=O) groups excluding carboxylic acids is 1. The first-order valence-corrected chi connectivity index (χ1v) is 10.6. The smallest absolute Gasteiger partial charge is 0.335 e. The zero-order valence-electron chi connectivity index (χ0n) is 19.0. The van der Waals surface area contributed by atoms with Crippen molar-refractivity contribution in [3.05, 3.63) is 82.4 Å². The molecule has 0 spiro atoms. The maximum Gasteiger partial charge on any atom is 0.335 e. The zero-order valence-corrected chi connectivity index (χ0v) is 19.0. The first-order valence-electron chi connectivity index (χ1n) is 10.6. The van der Waals surface area contributed by atoms with Crippen LogP contribution in [0.3, 0.4) is 0 Å². The third-order valence-electron chi connectivity index (χ3n) is 5.57. The summed E-state index contributed by atoms with van der Waals surface area (Å²) < 4.78 is 13.6. The standard InChI is InChI=1S/C25H26N4O4/c1-16-7-10-19(11-8-16)29-24-20(6-5-13-26-24)28(25(29)31)15-23(30)27-17(2)18-9-12-21(32-3)22(14-18)33-4/h5-14,17H,15H2,1-4H3,(H,27,30)/t17-/m1/s1. The highest BCUT2D eigenvalue weighted by Crippen LogP contribution is 2.29. The maximum atomic E-state index is 13.3. The number of methoxy groups -OCH3 is 2. The van der Waals surface area contributed by atoms with Gasteiger partial charge in [-0.2, -0.15) is 0 Å². The number of carbonyl (C=O) groups is 1. The lowest BCUT2D eigenvalue weighted by molar-refractivity contribution is -0.122. The van der Waals surface area contributed by atoms with Crippen molar-refractivity contribution in [1.82, 2.24) is 19.4 Å². The lowest BCUT2D eigenvalue weighted by atomic mass is 10.1. The van der Waals surface area contributed by atoms with Crippen LogP contribution in [0.2, 0.25) is 0 Å². The van der Waals surface area contributed by atoms with E-state index in [0.29, 0.717) is 28.4 Å². The van der Waals surface area contributed by atoms with Gasteiger partial charge in [0.05, 0.1) is 31.5 Å². The zero-order chi connectivity index (χ0) is 23.5. The molecule has 1 amide bonds. The molecule has 0 saturated carbocycles. The van der Waals surface area contributed by atoms with Crippen molar-refractivity contribution in [2.24, 2.45) is 0 Å². The number of amides is 1. The second kappa shape index (κ2) is 9.20. The molecule has 0 radical (unpaired) electrons. The summed E-state index contributed by atoms with van der Waals surface area (Å²) in [7, 11) is 3.14. The molecule has 2 aromatic heterocycles. The van der Waals surface area contributed by atoms with Gasteiger partial charge < -0.3 is 14.8 Å². The van der Waals surface area contributed by atoms with E-state index < -0.39 is 0 Å². The molecule has 2 aromatic carbocycles. The number of hydrogen-bond acceptors (Lipinski definition) is 5. The first-order chi connectivity index (χ1) is 15.9. The van der Waals surface area contributed by atoms with Gasteiger partial charge in [-0.1, -0.05) is 23.8 Å². The number of nitrogens with one attached hydrogen (secondary N) is 1. The van der Waals surface area contributed by atoms with Crippen LogP contribution in [0, 0.1) is 6.92 Å². The van der Waals surface area contributed by atoms with Gasteiger partial charge in [0.25, 0.3) is 0 Å². The molecular weight excluding hydrogens is 420 g/mol. The van der Waals surface area contributed by atoms with Crippen molar-refractivity contribution in [1.29, 1.82) is 0 Å². The summed E-state index contributed by atoms with van der Waals surface area (Å²) in [6.45, 7) is 3.73. The van der Waals surface area contributed by atoms with Crippen LogP contribution in [0.25, 0.3) is 16.9 Å². The van der Waals surface area contributed by atoms with Crippen LogP contribution in [0.1, 0.15) is 24.1 Å². The molecule has 8 nitrogen and oxygen atoms in total. The van der Waals surface area contributed by atoms with Gasteiger partial charge in [0.2, 0.25) is 5.91 Å². The Balaban J connectivity index is 1.62. The second-order valence-corrected chi connectivity index (χ2v) is 7.79. The van der Waals surface area contributed by atoms with Crippen molar-refractivity contribution >= 4 is 17.1 Å². The normalized spacial score (nSPS) is 11.9. The summed E-state index contributed by atoms with van der Waals surface area (Å²) >= 11 is 0. The minimum absolute atomic E-state index is 0.127. The monoisotopic (exact) mass is 446 g/mol. The average molecular weight is 447 g/mol. The van der Waals surface area contributed by atoms with E-state index in [1.807, 2.05) is 50.2 Å². The fraction of sp³-hybridized carbons (Fsp3) is 0.240. The third-order valence-corrected chi connectivity index (χ3v) is 5.57. The summed E-state index contributed by atoms with van der Waals surface area (Å²) in [5.41, 5.74) is 3.43. The van der Waals surface area contributed by atoms with E-state index in [1.165, 1.54) is 9.13 Å². The molecule has 0 fully saturated rings. The summed E-state index contributed by atoms with van der Waals surface area (Å²) in [5.74, 6) is 0.911. The first kappa shape index (κ1) is 22.1. The number of hydrogen-bond donors (Lipinski definition) is 1. The molecule has 4 aromatic rings. The molecule has 2 heterocycles. The van der Waals surface area contributed by atoms with E-state index in [2.05, 4.69) is 10.3 Å². The van der Waals surface area contributed by atoms with Crippen molar-refractivity contribution < 1.29 is 14.3 Å². The third kappa shape index (κ3) is 4.32. The molecule has 0 bridgehead atoms. The highest BCUT2D eigenvalue weighted by Gasteiger charge is 2.19. The highest BCUT2D eigenvalue weighted by atomic mass is 16.5. The van der Waals surface area contributed by atoms with E-state index in [9.17, 15) is 9.59 Å². The van der Waals surface area contributed by atoms with E-state index >= 15 is 0 Å². The van der Waals surface area contributed by atoms with Gasteiger partial charge in [0.1, 0.15) is 6.54 Å². The molecule has 0 aliphatic heterocycles. The number of imidazole rings is 1.